The van der Waals surface area contributed by atoms with Crippen LogP contribution in [0, 0.1) is 27.7 Å². The Morgan fingerprint density at radius 2 is 0.820 bits per heavy atom. The van der Waals surface area contributed by atoms with Crippen molar-refractivity contribution in [3.8, 4) is 0 Å². The maximum absolute atomic E-state index is 4.88. The van der Waals surface area contributed by atoms with Gasteiger partial charge in [-0.1, -0.05) is 64.5 Å². The van der Waals surface area contributed by atoms with Gasteiger partial charge in [-0.2, -0.15) is 29.9 Å². The fraction of sp³-hybridized carbons (Fsp3) is 0.526. The lowest BCUT2D eigenvalue weighted by Crippen LogP contribution is -2.48. The smallest absolute Gasteiger partial charge is 0.233 e. The topological polar surface area (TPSA) is 132 Å². The molecule has 3 heterocycles. The molecule has 12 heteroatoms. The van der Waals surface area contributed by atoms with Crippen molar-refractivity contribution in [3.05, 3.63) is 58.7 Å². The molecule has 50 heavy (non-hydrogen) atoms. The van der Waals surface area contributed by atoms with Gasteiger partial charge in [0.05, 0.1) is 0 Å². The molecule has 0 aliphatic carbocycles. The SMILES string of the molecule is CCCCCCNc1nc(Nc2cc(C)cc(C)c2)nc(N2CCN(c3nc(NCCCCCC)nc(Nc4cc(C)cc(C)c4)n3)CC2)n1. The average molecular weight is 681 g/mol. The summed E-state index contributed by atoms with van der Waals surface area (Å²) in [5, 5.41) is 13.8. The van der Waals surface area contributed by atoms with Gasteiger partial charge in [0.1, 0.15) is 0 Å². The van der Waals surface area contributed by atoms with Gasteiger partial charge < -0.3 is 31.1 Å². The van der Waals surface area contributed by atoms with Crippen molar-refractivity contribution in [3.63, 3.8) is 0 Å². The van der Waals surface area contributed by atoms with Gasteiger partial charge in [-0.05, 0) is 87.1 Å². The second-order valence-corrected chi connectivity index (χ2v) is 13.5. The first kappa shape index (κ1) is 36.5. The van der Waals surface area contributed by atoms with E-state index in [-0.39, 0.29) is 0 Å². The maximum Gasteiger partial charge on any atom is 0.233 e. The van der Waals surface area contributed by atoms with E-state index in [1.165, 1.54) is 60.8 Å². The van der Waals surface area contributed by atoms with Gasteiger partial charge in [0.15, 0.2) is 0 Å². The third-order valence-electron chi connectivity index (χ3n) is 8.68. The van der Waals surface area contributed by atoms with Crippen LogP contribution in [0.5, 0.6) is 0 Å². The highest BCUT2D eigenvalue weighted by molar-refractivity contribution is 5.60. The molecule has 1 fully saturated rings. The number of hydrogen-bond donors (Lipinski definition) is 4. The van der Waals surface area contributed by atoms with Gasteiger partial charge in [0.2, 0.25) is 35.7 Å². The van der Waals surface area contributed by atoms with E-state index in [0.29, 0.717) is 61.9 Å². The number of anilines is 8. The number of benzene rings is 2. The highest BCUT2D eigenvalue weighted by atomic mass is 15.4. The summed E-state index contributed by atoms with van der Waals surface area (Å²) in [5.74, 6) is 3.57. The first-order valence-corrected chi connectivity index (χ1v) is 18.5. The van der Waals surface area contributed by atoms with Gasteiger partial charge in [-0.25, -0.2) is 0 Å². The number of nitrogens with one attached hydrogen (secondary N) is 4. The van der Waals surface area contributed by atoms with Crippen LogP contribution in [0.1, 0.15) is 87.5 Å². The van der Waals surface area contributed by atoms with Crippen LogP contribution in [0.3, 0.4) is 0 Å². The molecule has 268 valence electrons. The van der Waals surface area contributed by atoms with E-state index in [4.69, 9.17) is 29.9 Å². The number of hydrogen-bond acceptors (Lipinski definition) is 12. The predicted molar refractivity (Wildman–Crippen MR) is 208 cm³/mol. The fourth-order valence-electron chi connectivity index (χ4n) is 6.24. The molecule has 12 nitrogen and oxygen atoms in total. The molecule has 1 saturated heterocycles. The number of rotatable bonds is 18. The summed E-state index contributed by atoms with van der Waals surface area (Å²) in [6, 6.07) is 12.8. The van der Waals surface area contributed by atoms with Crippen LogP contribution in [0.2, 0.25) is 0 Å². The third-order valence-corrected chi connectivity index (χ3v) is 8.68. The molecule has 4 N–H and O–H groups in total. The minimum atomic E-state index is 0.535. The monoisotopic (exact) mass is 680 g/mol. The van der Waals surface area contributed by atoms with Gasteiger partial charge in [0.25, 0.3) is 0 Å². The Balaban J connectivity index is 1.32. The Bertz CT molecular complexity index is 1500. The molecule has 0 spiro atoms. The van der Waals surface area contributed by atoms with Crippen LogP contribution >= 0.6 is 0 Å². The predicted octanol–water partition coefficient (Wildman–Crippen LogP) is 8.09. The van der Waals surface area contributed by atoms with Gasteiger partial charge >= 0.3 is 0 Å². The van der Waals surface area contributed by atoms with E-state index >= 15 is 0 Å². The summed E-state index contributed by atoms with van der Waals surface area (Å²) in [6.45, 7) is 17.4. The molecule has 0 bridgehead atoms. The second kappa shape index (κ2) is 18.3. The van der Waals surface area contributed by atoms with Crippen molar-refractivity contribution in [2.24, 2.45) is 0 Å². The lowest BCUT2D eigenvalue weighted by molar-refractivity contribution is 0.626. The molecule has 5 rings (SSSR count). The van der Waals surface area contributed by atoms with Crippen LogP contribution in [-0.4, -0.2) is 69.2 Å². The van der Waals surface area contributed by atoms with E-state index in [2.05, 4.69) is 109 Å². The Kier molecular flexibility index (Phi) is 13.4. The molecule has 0 saturated carbocycles. The molecule has 0 amide bonds. The molecule has 0 unspecified atom stereocenters. The lowest BCUT2D eigenvalue weighted by Gasteiger charge is -2.35. The normalized spacial score (nSPS) is 13.0. The first-order chi connectivity index (χ1) is 24.3. The Hall–Kier alpha value is -4.74. The van der Waals surface area contributed by atoms with Crippen molar-refractivity contribution < 1.29 is 0 Å². The molecule has 2 aromatic heterocycles. The van der Waals surface area contributed by atoms with E-state index in [0.717, 1.165) is 37.3 Å². The second-order valence-electron chi connectivity index (χ2n) is 13.5. The summed E-state index contributed by atoms with van der Waals surface area (Å²) in [5.41, 5.74) is 6.68. The third kappa shape index (κ3) is 11.1. The molecule has 2 aromatic carbocycles. The van der Waals surface area contributed by atoms with Gasteiger partial charge in [-0.3, -0.25) is 0 Å². The van der Waals surface area contributed by atoms with Gasteiger partial charge in [0, 0.05) is 50.6 Å². The lowest BCUT2D eigenvalue weighted by atomic mass is 10.1. The molecular weight excluding hydrogens is 625 g/mol. The van der Waals surface area contributed by atoms with E-state index in [1.807, 2.05) is 0 Å². The summed E-state index contributed by atoms with van der Waals surface area (Å²) in [4.78, 5) is 33.4. The quantitative estimate of drug-likeness (QED) is 0.0758. The summed E-state index contributed by atoms with van der Waals surface area (Å²) in [7, 11) is 0. The largest absolute Gasteiger partial charge is 0.354 e. The van der Waals surface area contributed by atoms with Crippen LogP contribution in [0.4, 0.5) is 47.1 Å². The zero-order valence-electron chi connectivity index (χ0n) is 30.9. The zero-order chi connectivity index (χ0) is 35.3. The first-order valence-electron chi connectivity index (χ1n) is 18.5. The van der Waals surface area contributed by atoms with Crippen molar-refractivity contribution in [1.29, 1.82) is 0 Å². The number of aryl methyl sites for hydroxylation is 4. The summed E-state index contributed by atoms with van der Waals surface area (Å²) in [6.07, 6.45) is 9.40. The van der Waals surface area contributed by atoms with Gasteiger partial charge in [-0.15, -0.1) is 0 Å². The van der Waals surface area contributed by atoms with Crippen LogP contribution in [0.25, 0.3) is 0 Å². The fourth-order valence-corrected chi connectivity index (χ4v) is 6.24. The number of aromatic nitrogens is 6. The van der Waals surface area contributed by atoms with Crippen molar-refractivity contribution in [2.75, 3.05) is 70.3 Å². The molecule has 0 radical (unpaired) electrons. The van der Waals surface area contributed by atoms with E-state index in [9.17, 15) is 0 Å². The summed E-state index contributed by atoms with van der Waals surface area (Å²) < 4.78 is 0. The molecule has 1 aliphatic heterocycles. The summed E-state index contributed by atoms with van der Waals surface area (Å²) >= 11 is 0. The zero-order valence-corrected chi connectivity index (χ0v) is 30.9. The minimum Gasteiger partial charge on any atom is -0.354 e. The molecular formula is C38H56N12. The van der Waals surface area contributed by atoms with Crippen molar-refractivity contribution in [2.45, 2.75) is 92.9 Å². The Labute approximate surface area is 298 Å². The van der Waals surface area contributed by atoms with E-state index in [1.54, 1.807) is 0 Å². The number of nitrogens with zero attached hydrogens (tertiary/aromatic N) is 8. The van der Waals surface area contributed by atoms with Crippen molar-refractivity contribution >= 4 is 47.1 Å². The highest BCUT2D eigenvalue weighted by Crippen LogP contribution is 2.24. The van der Waals surface area contributed by atoms with E-state index < -0.39 is 0 Å². The average Bonchev–Trinajstić information content (AvgIpc) is 3.07. The standard InChI is InChI=1S/C38H56N12/c1-7-9-11-13-15-39-33-43-35(41-31-23-27(3)21-28(4)24-31)47-37(45-33)49-17-19-50(20-18-49)38-46-34(40-16-14-12-10-8-2)44-36(48-38)42-32-25-29(5)22-30(6)26-32/h21-26H,7-20H2,1-6H3,(H2,39,41,43,45,47)(H2,40,42,44,46,48). The van der Waals surface area contributed by atoms with Crippen LogP contribution < -0.4 is 31.1 Å². The minimum absolute atomic E-state index is 0.535. The van der Waals surface area contributed by atoms with Crippen LogP contribution in [0.15, 0.2) is 36.4 Å². The van der Waals surface area contributed by atoms with Crippen LogP contribution in [-0.2, 0) is 0 Å². The number of unbranched alkanes of at least 4 members (excludes halogenated alkanes) is 6. The van der Waals surface area contributed by atoms with Crippen molar-refractivity contribution in [1.82, 2.24) is 29.9 Å². The Morgan fingerprint density at radius 3 is 1.18 bits per heavy atom. The molecule has 1 aliphatic rings. The highest BCUT2D eigenvalue weighted by Gasteiger charge is 2.24. The maximum atomic E-state index is 4.88. The number of piperazine rings is 1. The molecule has 0 atom stereocenters. The molecule has 4 aromatic rings. The Morgan fingerprint density at radius 1 is 0.460 bits per heavy atom.